The molecule has 3 rings (SSSR count). The van der Waals surface area contributed by atoms with Crippen LogP contribution in [0.4, 0.5) is 5.13 Å². The van der Waals surface area contributed by atoms with Gasteiger partial charge in [-0.05, 0) is 25.5 Å². The van der Waals surface area contributed by atoms with Crippen LogP contribution in [0, 0.1) is 6.92 Å². The van der Waals surface area contributed by atoms with Crippen LogP contribution in [-0.2, 0) is 4.79 Å². The van der Waals surface area contributed by atoms with Gasteiger partial charge >= 0.3 is 0 Å². The van der Waals surface area contributed by atoms with Crippen molar-refractivity contribution in [3.8, 4) is 11.3 Å². The molecule has 0 unspecified atom stereocenters. The van der Waals surface area contributed by atoms with E-state index in [2.05, 4.69) is 31.5 Å². The smallest absolute Gasteiger partial charge is 0.243 e. The molecule has 0 saturated carbocycles. The Bertz CT molecular complexity index is 687. The van der Waals surface area contributed by atoms with Gasteiger partial charge in [-0.2, -0.15) is 0 Å². The first-order valence-corrected chi connectivity index (χ1v) is 8.59. The summed E-state index contributed by atoms with van der Waals surface area (Å²) in [5, 5.41) is 15.9. The largest absolute Gasteiger partial charge is 0.392 e. The second kappa shape index (κ2) is 6.45. The molecule has 5 nitrogen and oxygen atoms in total. The van der Waals surface area contributed by atoms with Crippen molar-refractivity contribution in [3.05, 3.63) is 33.6 Å². The van der Waals surface area contributed by atoms with E-state index in [9.17, 15) is 9.90 Å². The Morgan fingerprint density at radius 1 is 1.45 bits per heavy atom. The second-order valence-corrected chi connectivity index (χ2v) is 7.39. The van der Waals surface area contributed by atoms with Gasteiger partial charge in [0.2, 0.25) is 5.91 Å². The highest BCUT2D eigenvalue weighted by atomic mass is 79.9. The number of aryl methyl sites for hydroxylation is 1. The third kappa shape index (κ3) is 3.38. The monoisotopic (exact) mass is 381 g/mol. The van der Waals surface area contributed by atoms with E-state index in [-0.39, 0.29) is 11.9 Å². The van der Waals surface area contributed by atoms with Crippen molar-refractivity contribution < 1.29 is 9.90 Å². The fourth-order valence-electron chi connectivity index (χ4n) is 2.43. The molecule has 2 aromatic rings. The molecule has 0 radical (unpaired) electrons. The fraction of sp³-hybridized carbons (Fsp3) is 0.333. The maximum absolute atomic E-state index is 12.1. The summed E-state index contributed by atoms with van der Waals surface area (Å²) in [6.45, 7) is 2.45. The van der Waals surface area contributed by atoms with Gasteiger partial charge in [-0.25, -0.2) is 4.98 Å². The molecule has 1 amide bonds. The van der Waals surface area contributed by atoms with Crippen LogP contribution in [0.25, 0.3) is 11.3 Å². The highest BCUT2D eigenvalue weighted by Crippen LogP contribution is 2.31. The molecule has 1 aliphatic rings. The number of nitrogens with one attached hydrogen (secondary N) is 2. The first-order valence-electron chi connectivity index (χ1n) is 6.98. The third-order valence-corrected chi connectivity index (χ3v) is 4.98. The molecule has 7 heteroatoms. The molecule has 0 spiro atoms. The lowest BCUT2D eigenvalue weighted by atomic mass is 10.1. The van der Waals surface area contributed by atoms with Gasteiger partial charge in [-0.15, -0.1) is 11.3 Å². The molecule has 1 saturated heterocycles. The fourth-order valence-corrected chi connectivity index (χ4v) is 3.54. The van der Waals surface area contributed by atoms with Crippen molar-refractivity contribution in [2.75, 3.05) is 11.9 Å². The molecule has 22 heavy (non-hydrogen) atoms. The minimum Gasteiger partial charge on any atom is -0.392 e. The Morgan fingerprint density at radius 3 is 2.82 bits per heavy atom. The summed E-state index contributed by atoms with van der Waals surface area (Å²) < 4.78 is 1.02. The first-order chi connectivity index (χ1) is 10.5. The maximum Gasteiger partial charge on any atom is 0.243 e. The Hall–Kier alpha value is -1.28. The number of aromatic nitrogens is 1. The van der Waals surface area contributed by atoms with E-state index < -0.39 is 6.10 Å². The van der Waals surface area contributed by atoms with Gasteiger partial charge in [0.15, 0.2) is 5.13 Å². The average molecular weight is 382 g/mol. The molecule has 1 aromatic carbocycles. The van der Waals surface area contributed by atoms with E-state index in [0.717, 1.165) is 20.6 Å². The summed E-state index contributed by atoms with van der Waals surface area (Å²) in [4.78, 5) is 17.7. The number of carbonyl (C=O) groups is 1. The average Bonchev–Trinajstić information content (AvgIpc) is 3.06. The number of anilines is 1. The lowest BCUT2D eigenvalue weighted by Crippen LogP contribution is -2.35. The van der Waals surface area contributed by atoms with Gasteiger partial charge in [0.1, 0.15) is 0 Å². The molecular weight excluding hydrogens is 366 g/mol. The molecule has 0 bridgehead atoms. The number of aliphatic hydroxyl groups is 1. The predicted molar refractivity (Wildman–Crippen MR) is 91.0 cm³/mol. The lowest BCUT2D eigenvalue weighted by molar-refractivity contribution is -0.117. The van der Waals surface area contributed by atoms with Gasteiger partial charge < -0.3 is 15.7 Å². The number of rotatable bonds is 3. The number of aliphatic hydroxyl groups excluding tert-OH is 1. The number of hydrogen-bond acceptors (Lipinski definition) is 5. The Kier molecular flexibility index (Phi) is 4.58. The summed E-state index contributed by atoms with van der Waals surface area (Å²) in [6, 6.07) is 7.57. The van der Waals surface area contributed by atoms with E-state index >= 15 is 0 Å². The van der Waals surface area contributed by atoms with Crippen LogP contribution < -0.4 is 10.6 Å². The van der Waals surface area contributed by atoms with E-state index in [0.29, 0.717) is 18.1 Å². The minimum atomic E-state index is -0.452. The van der Waals surface area contributed by atoms with Crippen LogP contribution in [0.15, 0.2) is 28.7 Å². The first kappa shape index (κ1) is 15.6. The highest BCUT2D eigenvalue weighted by molar-refractivity contribution is 9.10. The zero-order chi connectivity index (χ0) is 15.7. The zero-order valence-corrected chi connectivity index (χ0v) is 14.4. The van der Waals surface area contributed by atoms with Crippen molar-refractivity contribution in [2.24, 2.45) is 0 Å². The summed E-state index contributed by atoms with van der Waals surface area (Å²) in [5.41, 5.74) is 1.90. The Balaban J connectivity index is 1.75. The SMILES string of the molecule is Cc1sc(NC(=O)[C@H]2C[C@H](O)CN2)nc1-c1ccc(Br)cc1. The van der Waals surface area contributed by atoms with Crippen molar-refractivity contribution >= 4 is 38.3 Å². The van der Waals surface area contributed by atoms with Gasteiger partial charge in [-0.3, -0.25) is 4.79 Å². The number of benzene rings is 1. The van der Waals surface area contributed by atoms with Crippen LogP contribution in [0.1, 0.15) is 11.3 Å². The summed E-state index contributed by atoms with van der Waals surface area (Å²) in [5.74, 6) is -0.146. The van der Waals surface area contributed by atoms with E-state index in [4.69, 9.17) is 0 Å². The number of amides is 1. The highest BCUT2D eigenvalue weighted by Gasteiger charge is 2.28. The zero-order valence-electron chi connectivity index (χ0n) is 12.0. The molecule has 0 aliphatic carbocycles. The number of hydrogen-bond donors (Lipinski definition) is 3. The van der Waals surface area contributed by atoms with Crippen LogP contribution in [0.5, 0.6) is 0 Å². The summed E-state index contributed by atoms with van der Waals surface area (Å²) in [6.07, 6.45) is -0.0115. The van der Waals surface area contributed by atoms with E-state index in [1.165, 1.54) is 11.3 Å². The van der Waals surface area contributed by atoms with Crippen LogP contribution in [0.3, 0.4) is 0 Å². The van der Waals surface area contributed by atoms with Crippen molar-refractivity contribution in [1.29, 1.82) is 0 Å². The number of nitrogens with zero attached hydrogens (tertiary/aromatic N) is 1. The van der Waals surface area contributed by atoms with Crippen molar-refractivity contribution in [3.63, 3.8) is 0 Å². The van der Waals surface area contributed by atoms with E-state index in [1.807, 2.05) is 31.2 Å². The summed E-state index contributed by atoms with van der Waals surface area (Å²) >= 11 is 4.87. The molecule has 1 fully saturated rings. The van der Waals surface area contributed by atoms with Crippen molar-refractivity contribution in [1.82, 2.24) is 10.3 Å². The molecule has 116 valence electrons. The minimum absolute atomic E-state index is 0.146. The topological polar surface area (TPSA) is 74.2 Å². The maximum atomic E-state index is 12.1. The van der Waals surface area contributed by atoms with Crippen LogP contribution in [0.2, 0.25) is 0 Å². The van der Waals surface area contributed by atoms with Crippen LogP contribution >= 0.6 is 27.3 Å². The number of β-amino-alcohol motifs (C(OH)–C–C–N with tert-alkyl or cyclic N) is 1. The van der Waals surface area contributed by atoms with Gasteiger partial charge in [0, 0.05) is 21.5 Å². The molecule has 1 aromatic heterocycles. The molecular formula is C15H16BrN3O2S. The Morgan fingerprint density at radius 2 is 2.18 bits per heavy atom. The third-order valence-electron chi connectivity index (χ3n) is 3.57. The molecule has 3 N–H and O–H groups in total. The number of thiazole rings is 1. The lowest BCUT2D eigenvalue weighted by Gasteiger charge is -2.08. The van der Waals surface area contributed by atoms with E-state index in [1.54, 1.807) is 0 Å². The standard InChI is InChI=1S/C15H16BrN3O2S/c1-8-13(9-2-4-10(16)5-3-9)18-15(22-8)19-14(21)12-6-11(20)7-17-12/h2-5,11-12,17,20H,6-7H2,1H3,(H,18,19,21)/t11-,12+/m0/s1. The second-order valence-electron chi connectivity index (χ2n) is 5.27. The van der Waals surface area contributed by atoms with Gasteiger partial charge in [0.25, 0.3) is 0 Å². The molecule has 1 aliphatic heterocycles. The quantitative estimate of drug-likeness (QED) is 0.763. The van der Waals surface area contributed by atoms with Gasteiger partial charge in [0.05, 0.1) is 17.8 Å². The molecule has 2 atom stereocenters. The predicted octanol–water partition coefficient (Wildman–Crippen LogP) is 2.54. The normalized spacial score (nSPS) is 21.0. The van der Waals surface area contributed by atoms with Crippen molar-refractivity contribution in [2.45, 2.75) is 25.5 Å². The van der Waals surface area contributed by atoms with Crippen LogP contribution in [-0.4, -0.2) is 34.7 Å². The number of carbonyl (C=O) groups excluding carboxylic acids is 1. The van der Waals surface area contributed by atoms with Gasteiger partial charge in [-0.1, -0.05) is 28.1 Å². The summed E-state index contributed by atoms with van der Waals surface area (Å²) in [7, 11) is 0. The number of halogens is 1. The Labute approximate surface area is 140 Å². The molecule has 2 heterocycles.